The molecule has 1 saturated carbocycles. The maximum absolute atomic E-state index is 11.8. The first-order valence-corrected chi connectivity index (χ1v) is 7.75. The lowest BCUT2D eigenvalue weighted by molar-refractivity contribution is 0.0497. The van der Waals surface area contributed by atoms with E-state index in [1.54, 1.807) is 0 Å². The van der Waals surface area contributed by atoms with Gasteiger partial charge in [-0.15, -0.1) is 0 Å². The van der Waals surface area contributed by atoms with Gasteiger partial charge in [-0.3, -0.25) is 0 Å². The highest BCUT2D eigenvalue weighted by Crippen LogP contribution is 2.21. The van der Waals surface area contributed by atoms with E-state index in [9.17, 15) is 4.79 Å². The number of carbonyl (C=O) groups is 1. The van der Waals surface area contributed by atoms with E-state index in [4.69, 9.17) is 9.47 Å². The number of amides is 1. The SMILES string of the molecule is CC(C)(C)OC(=O)NC1CCCC1NCC1CCOC1. The fraction of sp³-hybridized carbons (Fsp3) is 0.933. The van der Waals surface area contributed by atoms with Crippen molar-refractivity contribution >= 4 is 6.09 Å². The predicted octanol–water partition coefficient (Wildman–Crippen LogP) is 2.06. The average Bonchev–Trinajstić information content (AvgIpc) is 2.94. The van der Waals surface area contributed by atoms with Crippen molar-refractivity contribution in [1.29, 1.82) is 0 Å². The highest BCUT2D eigenvalue weighted by atomic mass is 16.6. The fourth-order valence-electron chi connectivity index (χ4n) is 2.90. The molecule has 0 aromatic rings. The van der Waals surface area contributed by atoms with Crippen LogP contribution in [0.5, 0.6) is 0 Å². The molecule has 1 aliphatic carbocycles. The predicted molar refractivity (Wildman–Crippen MR) is 77.7 cm³/mol. The zero-order chi connectivity index (χ0) is 14.6. The van der Waals surface area contributed by atoms with Crippen LogP contribution in [0.25, 0.3) is 0 Å². The first kappa shape index (κ1) is 15.6. The molecule has 2 fully saturated rings. The van der Waals surface area contributed by atoms with E-state index < -0.39 is 5.60 Å². The molecule has 5 heteroatoms. The van der Waals surface area contributed by atoms with Crippen LogP contribution in [0, 0.1) is 5.92 Å². The number of ether oxygens (including phenoxy) is 2. The molecule has 2 aliphatic rings. The summed E-state index contributed by atoms with van der Waals surface area (Å²) in [6, 6.07) is 0.551. The summed E-state index contributed by atoms with van der Waals surface area (Å²) in [5, 5.41) is 6.60. The average molecular weight is 284 g/mol. The number of hydrogen-bond acceptors (Lipinski definition) is 4. The first-order chi connectivity index (χ1) is 9.44. The second-order valence-electron chi connectivity index (χ2n) is 6.93. The smallest absolute Gasteiger partial charge is 0.407 e. The van der Waals surface area contributed by atoms with Crippen LogP contribution in [0.2, 0.25) is 0 Å². The van der Waals surface area contributed by atoms with E-state index in [0.717, 1.165) is 45.4 Å². The normalized spacial score (nSPS) is 30.4. The molecule has 1 heterocycles. The molecule has 20 heavy (non-hydrogen) atoms. The molecule has 1 aliphatic heterocycles. The minimum atomic E-state index is -0.438. The summed E-state index contributed by atoms with van der Waals surface area (Å²) in [6.45, 7) is 8.39. The number of carbonyl (C=O) groups excluding carboxylic acids is 1. The Labute approximate surface area is 121 Å². The van der Waals surface area contributed by atoms with Crippen molar-refractivity contribution < 1.29 is 14.3 Å². The molecule has 116 valence electrons. The van der Waals surface area contributed by atoms with Crippen LogP contribution in [0.1, 0.15) is 46.5 Å². The van der Waals surface area contributed by atoms with Crippen molar-refractivity contribution in [3.63, 3.8) is 0 Å². The lowest BCUT2D eigenvalue weighted by Crippen LogP contribution is -2.49. The number of hydrogen-bond donors (Lipinski definition) is 2. The van der Waals surface area contributed by atoms with E-state index in [1.807, 2.05) is 20.8 Å². The molecule has 0 aromatic heterocycles. The number of nitrogens with one attached hydrogen (secondary N) is 2. The lowest BCUT2D eigenvalue weighted by atomic mass is 10.1. The zero-order valence-corrected chi connectivity index (χ0v) is 12.9. The Balaban J connectivity index is 1.73. The van der Waals surface area contributed by atoms with Crippen molar-refractivity contribution in [3.8, 4) is 0 Å². The molecule has 3 atom stereocenters. The largest absolute Gasteiger partial charge is 0.444 e. The van der Waals surface area contributed by atoms with E-state index in [1.165, 1.54) is 0 Å². The van der Waals surface area contributed by atoms with Gasteiger partial charge in [0.05, 0.1) is 6.61 Å². The van der Waals surface area contributed by atoms with Gasteiger partial charge in [-0.2, -0.15) is 0 Å². The molecule has 0 spiro atoms. The van der Waals surface area contributed by atoms with Crippen molar-refractivity contribution in [3.05, 3.63) is 0 Å². The molecule has 3 unspecified atom stereocenters. The quantitative estimate of drug-likeness (QED) is 0.829. The van der Waals surface area contributed by atoms with Gasteiger partial charge in [0.1, 0.15) is 5.60 Å². The molecule has 5 nitrogen and oxygen atoms in total. The minimum Gasteiger partial charge on any atom is -0.444 e. The Morgan fingerprint density at radius 3 is 2.65 bits per heavy atom. The number of rotatable bonds is 4. The van der Waals surface area contributed by atoms with Gasteiger partial charge in [-0.25, -0.2) is 4.79 Å². The third-order valence-electron chi connectivity index (χ3n) is 3.91. The Bertz CT molecular complexity index is 322. The van der Waals surface area contributed by atoms with Gasteiger partial charge in [-0.1, -0.05) is 0 Å². The van der Waals surface area contributed by atoms with E-state index >= 15 is 0 Å². The molecule has 0 aromatic carbocycles. The Hall–Kier alpha value is -0.810. The van der Waals surface area contributed by atoms with Gasteiger partial charge in [0.15, 0.2) is 0 Å². The first-order valence-electron chi connectivity index (χ1n) is 7.75. The maximum Gasteiger partial charge on any atom is 0.407 e. The molecule has 2 N–H and O–H groups in total. The second-order valence-corrected chi connectivity index (χ2v) is 6.93. The Morgan fingerprint density at radius 2 is 2.00 bits per heavy atom. The van der Waals surface area contributed by atoms with Gasteiger partial charge in [0, 0.05) is 25.2 Å². The molecule has 0 bridgehead atoms. The van der Waals surface area contributed by atoms with Gasteiger partial charge in [0.2, 0.25) is 0 Å². The standard InChI is InChI=1S/C15H28N2O3/c1-15(2,3)20-14(18)17-13-6-4-5-12(13)16-9-11-7-8-19-10-11/h11-13,16H,4-10H2,1-3H3,(H,17,18). The highest BCUT2D eigenvalue weighted by molar-refractivity contribution is 5.68. The van der Waals surface area contributed by atoms with E-state index in [0.29, 0.717) is 12.0 Å². The minimum absolute atomic E-state index is 0.187. The van der Waals surface area contributed by atoms with E-state index in [2.05, 4.69) is 10.6 Å². The topological polar surface area (TPSA) is 59.6 Å². The Morgan fingerprint density at radius 1 is 1.25 bits per heavy atom. The van der Waals surface area contributed by atoms with Crippen molar-refractivity contribution in [2.75, 3.05) is 19.8 Å². The van der Waals surface area contributed by atoms with Crippen LogP contribution in [0.4, 0.5) is 4.79 Å². The van der Waals surface area contributed by atoms with Crippen molar-refractivity contribution in [1.82, 2.24) is 10.6 Å². The van der Waals surface area contributed by atoms with Crippen LogP contribution in [0.3, 0.4) is 0 Å². The van der Waals surface area contributed by atoms with Gasteiger partial charge >= 0.3 is 6.09 Å². The van der Waals surface area contributed by atoms with Crippen LogP contribution in [0.15, 0.2) is 0 Å². The zero-order valence-electron chi connectivity index (χ0n) is 12.9. The monoisotopic (exact) mass is 284 g/mol. The van der Waals surface area contributed by atoms with E-state index in [-0.39, 0.29) is 12.1 Å². The van der Waals surface area contributed by atoms with Gasteiger partial charge in [-0.05, 0) is 52.4 Å². The van der Waals surface area contributed by atoms with Crippen molar-refractivity contribution in [2.24, 2.45) is 5.92 Å². The molecular formula is C15H28N2O3. The molecular weight excluding hydrogens is 256 g/mol. The van der Waals surface area contributed by atoms with Crippen LogP contribution in [-0.4, -0.2) is 43.5 Å². The summed E-state index contributed by atoms with van der Waals surface area (Å²) in [6.07, 6.45) is 4.13. The third kappa shape index (κ3) is 4.94. The Kier molecular flexibility index (Phi) is 5.27. The highest BCUT2D eigenvalue weighted by Gasteiger charge is 2.30. The molecule has 1 saturated heterocycles. The maximum atomic E-state index is 11.8. The van der Waals surface area contributed by atoms with Gasteiger partial charge in [0.25, 0.3) is 0 Å². The molecule has 0 radical (unpaired) electrons. The van der Waals surface area contributed by atoms with Crippen LogP contribution < -0.4 is 10.6 Å². The molecule has 1 amide bonds. The summed E-state index contributed by atoms with van der Waals surface area (Å²) in [5.74, 6) is 0.623. The number of alkyl carbamates (subject to hydrolysis) is 1. The van der Waals surface area contributed by atoms with Gasteiger partial charge < -0.3 is 20.1 Å². The fourth-order valence-corrected chi connectivity index (χ4v) is 2.90. The summed E-state index contributed by atoms with van der Waals surface area (Å²) in [5.41, 5.74) is -0.438. The summed E-state index contributed by atoms with van der Waals surface area (Å²) in [7, 11) is 0. The summed E-state index contributed by atoms with van der Waals surface area (Å²) < 4.78 is 10.7. The third-order valence-corrected chi connectivity index (χ3v) is 3.91. The van der Waals surface area contributed by atoms with Crippen LogP contribution in [-0.2, 0) is 9.47 Å². The van der Waals surface area contributed by atoms with Crippen LogP contribution >= 0.6 is 0 Å². The second kappa shape index (κ2) is 6.76. The summed E-state index contributed by atoms with van der Waals surface area (Å²) in [4.78, 5) is 11.8. The van der Waals surface area contributed by atoms with Crippen molar-refractivity contribution in [2.45, 2.75) is 64.1 Å². The lowest BCUT2D eigenvalue weighted by Gasteiger charge is -2.26. The summed E-state index contributed by atoms with van der Waals surface area (Å²) >= 11 is 0. The molecule has 2 rings (SSSR count).